The molecule has 6 nitrogen and oxygen atoms in total. The minimum atomic E-state index is -0.528. The molecule has 0 atom stereocenters. The molecule has 2 heterocycles. The van der Waals surface area contributed by atoms with Gasteiger partial charge >= 0.3 is 7.12 Å². The molecule has 2 aliphatic rings. The number of hydrogen-bond acceptors (Lipinski definition) is 6. The van der Waals surface area contributed by atoms with Crippen LogP contribution in [0.25, 0.3) is 0 Å². The second-order valence-corrected chi connectivity index (χ2v) is 9.45. The summed E-state index contributed by atoms with van der Waals surface area (Å²) in [5.41, 5.74) is 1.22. The largest absolute Gasteiger partial charge is 0.496 e. The molecule has 30 heavy (non-hydrogen) atoms. The lowest BCUT2D eigenvalue weighted by Gasteiger charge is -2.32. The van der Waals surface area contributed by atoms with Crippen LogP contribution >= 0.6 is 0 Å². The average molecular weight is 408 g/mol. The molecular weight excluding hydrogens is 379 g/mol. The van der Waals surface area contributed by atoms with Gasteiger partial charge in [-0.2, -0.15) is 0 Å². The van der Waals surface area contributed by atoms with Gasteiger partial charge in [0.15, 0.2) is 5.78 Å². The fraction of sp³-hybridized carbons (Fsp3) is 0.522. The van der Waals surface area contributed by atoms with E-state index >= 15 is 0 Å². The highest BCUT2D eigenvalue weighted by atomic mass is 16.7. The van der Waals surface area contributed by atoms with Crippen molar-refractivity contribution < 1.29 is 18.8 Å². The molecule has 4 rings (SSSR count). The zero-order chi connectivity index (χ0) is 21.7. The fourth-order valence-electron chi connectivity index (χ4n) is 3.91. The molecule has 7 heteroatoms. The van der Waals surface area contributed by atoms with Crippen LogP contribution in [0.2, 0.25) is 0 Å². The van der Waals surface area contributed by atoms with Crippen molar-refractivity contribution >= 4 is 18.4 Å². The van der Waals surface area contributed by atoms with Crippen molar-refractivity contribution in [2.45, 2.75) is 70.5 Å². The molecule has 2 fully saturated rings. The minimum absolute atomic E-state index is 0.0228. The van der Waals surface area contributed by atoms with Gasteiger partial charge in [0.05, 0.1) is 23.9 Å². The summed E-state index contributed by atoms with van der Waals surface area (Å²) in [5.74, 6) is 1.34. The molecule has 0 radical (unpaired) electrons. The molecule has 0 unspecified atom stereocenters. The number of ether oxygens (including phenoxy) is 1. The Kier molecular flexibility index (Phi) is 5.02. The summed E-state index contributed by atoms with van der Waals surface area (Å²) in [4.78, 5) is 22.2. The van der Waals surface area contributed by atoms with Crippen LogP contribution in [0.1, 0.15) is 68.7 Å². The standard InChI is InChI=1S/C23H29BN2O4/c1-15-12-19(28-6)16(13-17(15)24-29-21(2,3)22(4,5)30-24)18(27)14-23(8-9-23)20-25-10-7-11-26-20/h7,10-13H,8-9,14H2,1-6H3. The number of nitrogens with zero attached hydrogens (tertiary/aromatic N) is 2. The maximum atomic E-state index is 13.4. The van der Waals surface area contributed by atoms with Crippen molar-refractivity contribution in [2.75, 3.05) is 7.11 Å². The van der Waals surface area contributed by atoms with E-state index in [0.717, 1.165) is 29.7 Å². The SMILES string of the molecule is COc1cc(C)c(B2OC(C)(C)C(C)(C)O2)cc1C(=O)CC1(c2ncccn2)CC1. The molecule has 1 aromatic carbocycles. The van der Waals surface area contributed by atoms with Crippen molar-refractivity contribution in [3.8, 4) is 5.75 Å². The summed E-state index contributed by atoms with van der Waals surface area (Å²) in [6, 6.07) is 5.56. The second-order valence-electron chi connectivity index (χ2n) is 9.45. The summed E-state index contributed by atoms with van der Waals surface area (Å²) in [6.45, 7) is 10.1. The number of carbonyl (C=O) groups is 1. The number of benzene rings is 1. The van der Waals surface area contributed by atoms with Crippen LogP contribution in [0.4, 0.5) is 0 Å². The smallest absolute Gasteiger partial charge is 0.495 e. The van der Waals surface area contributed by atoms with Crippen LogP contribution in [-0.2, 0) is 14.7 Å². The lowest BCUT2D eigenvalue weighted by atomic mass is 9.74. The summed E-state index contributed by atoms with van der Waals surface area (Å²) >= 11 is 0. The van der Waals surface area contributed by atoms with Crippen molar-refractivity contribution in [2.24, 2.45) is 0 Å². The van der Waals surface area contributed by atoms with Gasteiger partial charge in [0.25, 0.3) is 0 Å². The summed E-state index contributed by atoms with van der Waals surface area (Å²) in [5, 5.41) is 0. The van der Waals surface area contributed by atoms with E-state index in [1.54, 1.807) is 25.6 Å². The van der Waals surface area contributed by atoms with E-state index in [9.17, 15) is 4.79 Å². The number of methoxy groups -OCH3 is 1. The number of hydrogen-bond donors (Lipinski definition) is 0. The lowest BCUT2D eigenvalue weighted by molar-refractivity contribution is 0.00578. The Morgan fingerprint density at radius 3 is 2.23 bits per heavy atom. The molecular formula is C23H29BN2O4. The second kappa shape index (κ2) is 7.17. The van der Waals surface area contributed by atoms with Gasteiger partial charge in [0.1, 0.15) is 11.6 Å². The number of Topliss-reactive ketones (excluding diaryl/α,β-unsaturated/α-hetero) is 1. The first-order chi connectivity index (χ1) is 14.1. The van der Waals surface area contributed by atoms with Crippen molar-refractivity contribution in [1.29, 1.82) is 0 Å². The number of ketones is 1. The maximum absolute atomic E-state index is 13.4. The highest BCUT2D eigenvalue weighted by Gasteiger charge is 2.52. The Morgan fingerprint density at radius 2 is 1.70 bits per heavy atom. The fourth-order valence-corrected chi connectivity index (χ4v) is 3.91. The Bertz CT molecular complexity index is 955. The zero-order valence-corrected chi connectivity index (χ0v) is 18.6. The quantitative estimate of drug-likeness (QED) is 0.539. The van der Waals surface area contributed by atoms with Crippen LogP contribution in [0.3, 0.4) is 0 Å². The molecule has 1 saturated carbocycles. The highest BCUT2D eigenvalue weighted by molar-refractivity contribution is 6.62. The molecule has 1 aliphatic carbocycles. The lowest BCUT2D eigenvalue weighted by Crippen LogP contribution is -2.41. The van der Waals surface area contributed by atoms with Crippen molar-refractivity contribution in [3.63, 3.8) is 0 Å². The van der Waals surface area contributed by atoms with E-state index in [1.165, 1.54) is 0 Å². The Morgan fingerprint density at radius 1 is 1.10 bits per heavy atom. The van der Waals surface area contributed by atoms with Gasteiger partial charge in [0, 0.05) is 24.2 Å². The molecule has 1 saturated heterocycles. The first kappa shape index (κ1) is 21.0. The van der Waals surface area contributed by atoms with E-state index in [0.29, 0.717) is 17.7 Å². The third-order valence-electron chi connectivity index (χ3n) is 6.79. The third kappa shape index (κ3) is 3.54. The Hall–Kier alpha value is -2.25. The van der Waals surface area contributed by atoms with E-state index in [1.807, 2.05) is 46.8 Å². The third-order valence-corrected chi connectivity index (χ3v) is 6.79. The average Bonchev–Trinajstić information content (AvgIpc) is 3.43. The number of aromatic nitrogens is 2. The van der Waals surface area contributed by atoms with Crippen LogP contribution in [0.5, 0.6) is 5.75 Å². The van der Waals surface area contributed by atoms with Crippen LogP contribution in [0, 0.1) is 6.92 Å². The van der Waals surface area contributed by atoms with Crippen molar-refractivity contribution in [3.05, 3.63) is 47.5 Å². The van der Waals surface area contributed by atoms with Gasteiger partial charge in [0.2, 0.25) is 0 Å². The van der Waals surface area contributed by atoms with Gasteiger partial charge < -0.3 is 14.0 Å². The maximum Gasteiger partial charge on any atom is 0.495 e. The zero-order valence-electron chi connectivity index (χ0n) is 18.6. The molecule has 1 aliphatic heterocycles. The summed E-state index contributed by atoms with van der Waals surface area (Å²) in [7, 11) is 1.06. The van der Waals surface area contributed by atoms with Gasteiger partial charge in [-0.1, -0.05) is 0 Å². The van der Waals surface area contributed by atoms with Crippen molar-refractivity contribution in [1.82, 2.24) is 9.97 Å². The van der Waals surface area contributed by atoms with Gasteiger partial charge in [-0.15, -0.1) is 0 Å². The summed E-state index contributed by atoms with van der Waals surface area (Å²) < 4.78 is 18.0. The predicted octanol–water partition coefficient (Wildman–Crippen LogP) is 3.40. The van der Waals surface area contributed by atoms with Crippen LogP contribution in [-0.4, -0.2) is 41.2 Å². The number of carbonyl (C=O) groups excluding carboxylic acids is 1. The first-order valence-corrected chi connectivity index (χ1v) is 10.4. The molecule has 158 valence electrons. The molecule has 1 aromatic heterocycles. The van der Waals surface area contributed by atoms with E-state index in [-0.39, 0.29) is 11.2 Å². The normalized spacial score (nSPS) is 20.8. The molecule has 0 N–H and O–H groups in total. The first-order valence-electron chi connectivity index (χ1n) is 10.4. The van der Waals surface area contributed by atoms with Gasteiger partial charge in [-0.05, 0) is 76.7 Å². The van der Waals surface area contributed by atoms with E-state index in [4.69, 9.17) is 14.0 Å². The topological polar surface area (TPSA) is 70.5 Å². The van der Waals surface area contributed by atoms with Crippen LogP contribution < -0.4 is 10.2 Å². The Balaban J connectivity index is 1.65. The predicted molar refractivity (Wildman–Crippen MR) is 115 cm³/mol. The minimum Gasteiger partial charge on any atom is -0.496 e. The van der Waals surface area contributed by atoms with E-state index in [2.05, 4.69) is 9.97 Å². The molecule has 0 bridgehead atoms. The Labute approximate surface area is 178 Å². The highest BCUT2D eigenvalue weighted by Crippen LogP contribution is 2.50. The van der Waals surface area contributed by atoms with Gasteiger partial charge in [-0.3, -0.25) is 4.79 Å². The monoisotopic (exact) mass is 408 g/mol. The molecule has 2 aromatic rings. The summed E-state index contributed by atoms with van der Waals surface area (Å²) in [6.07, 6.45) is 5.66. The molecule has 0 spiro atoms. The van der Waals surface area contributed by atoms with Gasteiger partial charge in [-0.25, -0.2) is 9.97 Å². The molecule has 0 amide bonds. The van der Waals surface area contributed by atoms with Crippen LogP contribution in [0.15, 0.2) is 30.6 Å². The number of rotatable bonds is 6. The van der Waals surface area contributed by atoms with E-state index < -0.39 is 18.3 Å². The number of aryl methyl sites for hydroxylation is 1.